The zero-order valence-electron chi connectivity index (χ0n) is 25.8. The SMILES string of the molecule is COC1=CC2=CC=C(c3cn(-c4cc(C(F)(F)F)ccc4OC(C)C)nc3Oc3ccc(C(=O)NCCC(=O)O)cc3)C=C(C=C1)C2. The number of hydrogen-bond acceptors (Lipinski definition) is 6. The van der Waals surface area contributed by atoms with E-state index in [1.807, 2.05) is 36.5 Å². The molecule has 1 aromatic heterocycles. The largest absolute Gasteiger partial charge is 0.497 e. The number of carbonyl (C=O) groups is 2. The Hall–Kier alpha value is -5.52. The fourth-order valence-electron chi connectivity index (χ4n) is 4.86. The van der Waals surface area contributed by atoms with Crippen molar-refractivity contribution in [2.75, 3.05) is 13.7 Å². The van der Waals surface area contributed by atoms with Crippen molar-refractivity contribution in [3.8, 4) is 23.1 Å². The van der Waals surface area contributed by atoms with Crippen molar-refractivity contribution in [1.82, 2.24) is 15.1 Å². The number of methoxy groups -OCH3 is 1. The summed E-state index contributed by atoms with van der Waals surface area (Å²) in [6.07, 6.45) is 8.56. The Balaban J connectivity index is 1.57. The van der Waals surface area contributed by atoms with Crippen LogP contribution in [0.1, 0.15) is 48.2 Å². The van der Waals surface area contributed by atoms with Crippen LogP contribution in [-0.4, -0.2) is 46.5 Å². The number of nitrogens with zero attached hydrogens (tertiary/aromatic N) is 2. The molecule has 0 saturated heterocycles. The first-order valence-electron chi connectivity index (χ1n) is 14.7. The number of alkyl halides is 3. The number of nitrogens with one attached hydrogen (secondary N) is 1. The predicted octanol–water partition coefficient (Wildman–Crippen LogP) is 7.42. The molecule has 1 amide bonds. The summed E-state index contributed by atoms with van der Waals surface area (Å²) in [5.41, 5.74) is 2.64. The number of carboxylic acids is 1. The molecular weight excluding hydrogens is 615 g/mol. The second-order valence-corrected chi connectivity index (χ2v) is 11.0. The molecule has 0 saturated carbocycles. The lowest BCUT2D eigenvalue weighted by molar-refractivity contribution is -0.138. The Kier molecular flexibility index (Phi) is 9.69. The van der Waals surface area contributed by atoms with Crippen molar-refractivity contribution >= 4 is 17.4 Å². The average Bonchev–Trinajstić information content (AvgIpc) is 3.18. The van der Waals surface area contributed by atoms with E-state index in [0.29, 0.717) is 29.1 Å². The molecule has 12 heteroatoms. The minimum absolute atomic E-state index is 0.0240. The third kappa shape index (κ3) is 8.20. The van der Waals surface area contributed by atoms with Crippen LogP contribution < -0.4 is 14.8 Å². The lowest BCUT2D eigenvalue weighted by Gasteiger charge is -2.16. The summed E-state index contributed by atoms with van der Waals surface area (Å²) < 4.78 is 60.2. The molecule has 5 rings (SSSR count). The van der Waals surface area contributed by atoms with E-state index in [0.717, 1.165) is 23.3 Å². The molecule has 47 heavy (non-hydrogen) atoms. The fourth-order valence-corrected chi connectivity index (χ4v) is 4.86. The Bertz CT molecular complexity index is 1830. The van der Waals surface area contributed by atoms with Gasteiger partial charge in [-0.15, -0.1) is 5.10 Å². The second kappa shape index (κ2) is 13.9. The molecule has 9 nitrogen and oxygen atoms in total. The summed E-state index contributed by atoms with van der Waals surface area (Å²) in [4.78, 5) is 23.2. The first kappa shape index (κ1) is 32.9. The number of benzene rings is 2. The van der Waals surface area contributed by atoms with E-state index in [2.05, 4.69) is 10.4 Å². The summed E-state index contributed by atoms with van der Waals surface area (Å²) in [6.45, 7) is 3.52. The first-order chi connectivity index (χ1) is 22.4. The standard InChI is InChI=1S/C35H32F3N3O6/c1-21(2)46-31-13-9-26(35(36,37)38)19-30(31)41-20-29(25-6-4-23-16-22(17-25)5-10-28(18-23)45-3)34(40-41)47-27-11-7-24(8-12-27)33(44)39-15-14-32(42)43/h4-13,17-21H,14-16H2,1-3H3,(H,39,44)(H,42,43). The molecule has 0 unspecified atom stereocenters. The number of aliphatic carboxylic acids is 1. The van der Waals surface area contributed by atoms with Crippen molar-refractivity contribution in [3.05, 3.63) is 119 Å². The van der Waals surface area contributed by atoms with Crippen LogP contribution in [0.5, 0.6) is 17.4 Å². The van der Waals surface area contributed by atoms with Gasteiger partial charge in [0.05, 0.1) is 30.8 Å². The fraction of sp³-hybridized carbons (Fsp3) is 0.229. The molecule has 0 atom stereocenters. The van der Waals surface area contributed by atoms with Crippen molar-refractivity contribution in [3.63, 3.8) is 0 Å². The van der Waals surface area contributed by atoms with E-state index in [4.69, 9.17) is 19.3 Å². The molecule has 244 valence electrons. The summed E-state index contributed by atoms with van der Waals surface area (Å²) in [7, 11) is 1.59. The Labute approximate surface area is 268 Å². The molecule has 2 aromatic carbocycles. The van der Waals surface area contributed by atoms with Crippen molar-refractivity contribution in [2.24, 2.45) is 0 Å². The van der Waals surface area contributed by atoms with Gasteiger partial charge in [0.1, 0.15) is 22.9 Å². The lowest BCUT2D eigenvalue weighted by atomic mass is 10.0. The monoisotopic (exact) mass is 647 g/mol. The number of hydrogen-bond donors (Lipinski definition) is 2. The van der Waals surface area contributed by atoms with E-state index >= 15 is 0 Å². The Morgan fingerprint density at radius 1 is 1.04 bits per heavy atom. The quantitative estimate of drug-likeness (QED) is 0.223. The molecule has 3 aromatic rings. The highest BCUT2D eigenvalue weighted by Crippen LogP contribution is 2.38. The molecule has 0 aliphatic heterocycles. The van der Waals surface area contributed by atoms with Crippen molar-refractivity contribution < 1.29 is 42.1 Å². The molecule has 2 bridgehead atoms. The molecule has 0 fully saturated rings. The van der Waals surface area contributed by atoms with Gasteiger partial charge in [0, 0.05) is 18.3 Å². The van der Waals surface area contributed by atoms with Gasteiger partial charge in [-0.05, 0) is 91.6 Å². The number of rotatable bonds is 11. The summed E-state index contributed by atoms with van der Waals surface area (Å²) in [5.74, 6) is -0.161. The number of carbonyl (C=O) groups excluding carboxylic acids is 1. The number of carboxylic acid groups (broad SMARTS) is 1. The van der Waals surface area contributed by atoms with Crippen LogP contribution in [0, 0.1) is 0 Å². The van der Waals surface area contributed by atoms with E-state index < -0.39 is 23.6 Å². The third-order valence-electron chi connectivity index (χ3n) is 7.09. The second-order valence-electron chi connectivity index (χ2n) is 11.0. The maximum Gasteiger partial charge on any atom is 0.416 e. The van der Waals surface area contributed by atoms with E-state index in [9.17, 15) is 22.8 Å². The normalized spacial score (nSPS) is 14.3. The van der Waals surface area contributed by atoms with Crippen molar-refractivity contribution in [2.45, 2.75) is 39.0 Å². The Morgan fingerprint density at radius 3 is 2.49 bits per heavy atom. The smallest absolute Gasteiger partial charge is 0.416 e. The first-order valence-corrected chi connectivity index (χ1v) is 14.7. The summed E-state index contributed by atoms with van der Waals surface area (Å²) >= 11 is 0. The maximum absolute atomic E-state index is 13.8. The van der Waals surface area contributed by atoms with Crippen LogP contribution in [0.3, 0.4) is 0 Å². The number of fused-ring (bicyclic) bond motifs is 2. The number of aromatic nitrogens is 2. The maximum atomic E-state index is 13.8. The number of ether oxygens (including phenoxy) is 3. The summed E-state index contributed by atoms with van der Waals surface area (Å²) in [5, 5.41) is 15.9. The van der Waals surface area contributed by atoms with Gasteiger partial charge < -0.3 is 24.6 Å². The number of halogens is 3. The lowest BCUT2D eigenvalue weighted by Crippen LogP contribution is -2.25. The van der Waals surface area contributed by atoms with E-state index in [1.165, 1.54) is 22.9 Å². The van der Waals surface area contributed by atoms with E-state index in [-0.39, 0.29) is 41.9 Å². The van der Waals surface area contributed by atoms with Crippen LogP contribution in [0.15, 0.2) is 102 Å². The highest BCUT2D eigenvalue weighted by Gasteiger charge is 2.32. The topological polar surface area (TPSA) is 112 Å². The van der Waals surface area contributed by atoms with Crippen LogP contribution in [0.2, 0.25) is 0 Å². The molecule has 2 aliphatic rings. The van der Waals surface area contributed by atoms with Gasteiger partial charge in [-0.3, -0.25) is 9.59 Å². The zero-order valence-corrected chi connectivity index (χ0v) is 25.8. The average molecular weight is 648 g/mol. The molecule has 0 radical (unpaired) electrons. The van der Waals surface area contributed by atoms with Gasteiger partial charge in [-0.2, -0.15) is 13.2 Å². The highest BCUT2D eigenvalue weighted by atomic mass is 19.4. The zero-order chi connectivity index (χ0) is 33.7. The minimum atomic E-state index is -4.60. The molecule has 1 heterocycles. The van der Waals surface area contributed by atoms with Crippen LogP contribution in [0.25, 0.3) is 11.3 Å². The van der Waals surface area contributed by atoms with Gasteiger partial charge in [-0.1, -0.05) is 24.3 Å². The van der Waals surface area contributed by atoms with Gasteiger partial charge in [0.15, 0.2) is 0 Å². The van der Waals surface area contributed by atoms with Gasteiger partial charge in [0.2, 0.25) is 5.88 Å². The number of allylic oxidation sites excluding steroid dienone is 9. The summed E-state index contributed by atoms with van der Waals surface area (Å²) in [6, 6.07) is 9.33. The van der Waals surface area contributed by atoms with Gasteiger partial charge >= 0.3 is 12.1 Å². The highest BCUT2D eigenvalue weighted by molar-refractivity contribution is 5.94. The van der Waals surface area contributed by atoms with Crippen molar-refractivity contribution in [1.29, 1.82) is 0 Å². The van der Waals surface area contributed by atoms with Crippen LogP contribution in [0.4, 0.5) is 13.2 Å². The van der Waals surface area contributed by atoms with Crippen LogP contribution in [-0.2, 0) is 15.7 Å². The number of amides is 1. The van der Waals surface area contributed by atoms with Gasteiger partial charge in [0.25, 0.3) is 5.91 Å². The molecule has 0 spiro atoms. The Morgan fingerprint density at radius 2 is 1.81 bits per heavy atom. The molecule has 2 aliphatic carbocycles. The van der Waals surface area contributed by atoms with Crippen LogP contribution >= 0.6 is 0 Å². The predicted molar refractivity (Wildman–Crippen MR) is 168 cm³/mol. The third-order valence-corrected chi connectivity index (χ3v) is 7.09. The molecule has 2 N–H and O–H groups in total. The van der Waals surface area contributed by atoms with E-state index in [1.54, 1.807) is 39.3 Å². The van der Waals surface area contributed by atoms with Gasteiger partial charge in [-0.25, -0.2) is 4.68 Å². The molecular formula is C35H32F3N3O6. The minimum Gasteiger partial charge on any atom is -0.497 e.